The third kappa shape index (κ3) is 2.38. The smallest absolute Gasteiger partial charge is 0.284 e. The fourth-order valence-corrected chi connectivity index (χ4v) is 1.94. The number of nitrogens with zero attached hydrogens (tertiary/aromatic N) is 2. The summed E-state index contributed by atoms with van der Waals surface area (Å²) in [5, 5.41) is 11.2. The standard InChI is InChI=1S/C9H13N3O2S/c1-15-9-12-11-8(14-9)7(13)6-2-4-10-5-3-6/h6,10H,2-5H2,1H3. The van der Waals surface area contributed by atoms with Crippen molar-refractivity contribution in [2.45, 2.75) is 18.1 Å². The average molecular weight is 227 g/mol. The van der Waals surface area contributed by atoms with Gasteiger partial charge in [0.15, 0.2) is 0 Å². The fourth-order valence-electron chi connectivity index (χ4n) is 1.65. The molecule has 0 bridgehead atoms. The van der Waals surface area contributed by atoms with Gasteiger partial charge in [-0.05, 0) is 32.2 Å². The Morgan fingerprint density at radius 1 is 1.47 bits per heavy atom. The van der Waals surface area contributed by atoms with Crippen LogP contribution in [0.4, 0.5) is 0 Å². The van der Waals surface area contributed by atoms with E-state index in [4.69, 9.17) is 4.42 Å². The first-order chi connectivity index (χ1) is 7.31. The number of carbonyl (C=O) groups is 1. The van der Waals surface area contributed by atoms with Gasteiger partial charge in [-0.15, -0.1) is 10.2 Å². The van der Waals surface area contributed by atoms with Crippen LogP contribution in [0.1, 0.15) is 23.5 Å². The van der Waals surface area contributed by atoms with Crippen molar-refractivity contribution >= 4 is 17.5 Å². The summed E-state index contributed by atoms with van der Waals surface area (Å²) in [6.07, 6.45) is 3.55. The first-order valence-corrected chi connectivity index (χ1v) is 6.16. The normalized spacial score (nSPS) is 17.9. The molecule has 2 heterocycles. The SMILES string of the molecule is CSc1nnc(C(=O)C2CCNCC2)o1. The summed E-state index contributed by atoms with van der Waals surface area (Å²) in [6, 6.07) is 0. The highest BCUT2D eigenvalue weighted by molar-refractivity contribution is 7.98. The highest BCUT2D eigenvalue weighted by Gasteiger charge is 2.26. The lowest BCUT2D eigenvalue weighted by Gasteiger charge is -2.19. The maximum atomic E-state index is 11.9. The molecule has 1 N–H and O–H groups in total. The van der Waals surface area contributed by atoms with Crippen LogP contribution in [0.3, 0.4) is 0 Å². The van der Waals surface area contributed by atoms with Crippen molar-refractivity contribution in [3.63, 3.8) is 0 Å². The highest BCUT2D eigenvalue weighted by atomic mass is 32.2. The zero-order valence-corrected chi connectivity index (χ0v) is 9.34. The van der Waals surface area contributed by atoms with Crippen LogP contribution in [0.15, 0.2) is 9.64 Å². The van der Waals surface area contributed by atoms with Crippen LogP contribution in [0, 0.1) is 5.92 Å². The van der Waals surface area contributed by atoms with Gasteiger partial charge in [0.25, 0.3) is 11.1 Å². The summed E-state index contributed by atoms with van der Waals surface area (Å²) in [5.74, 6) is 0.192. The van der Waals surface area contributed by atoms with Gasteiger partial charge in [-0.25, -0.2) is 0 Å². The molecule has 0 amide bonds. The molecule has 0 aliphatic carbocycles. The van der Waals surface area contributed by atoms with Crippen LogP contribution in [-0.4, -0.2) is 35.3 Å². The Morgan fingerprint density at radius 2 is 2.20 bits per heavy atom. The van der Waals surface area contributed by atoms with Crippen molar-refractivity contribution in [1.82, 2.24) is 15.5 Å². The molecule has 1 saturated heterocycles. The lowest BCUT2D eigenvalue weighted by atomic mass is 9.93. The average Bonchev–Trinajstić information content (AvgIpc) is 2.78. The molecular weight excluding hydrogens is 214 g/mol. The van der Waals surface area contributed by atoms with Gasteiger partial charge >= 0.3 is 0 Å². The zero-order chi connectivity index (χ0) is 10.7. The number of ketones is 1. The second-order valence-electron chi connectivity index (χ2n) is 3.47. The van der Waals surface area contributed by atoms with Gasteiger partial charge in [0, 0.05) is 5.92 Å². The molecule has 1 aliphatic rings. The topological polar surface area (TPSA) is 68.0 Å². The van der Waals surface area contributed by atoms with E-state index in [2.05, 4.69) is 15.5 Å². The second-order valence-corrected chi connectivity index (χ2v) is 4.22. The minimum atomic E-state index is -0.00991. The van der Waals surface area contributed by atoms with E-state index in [9.17, 15) is 4.79 Å². The second kappa shape index (κ2) is 4.76. The zero-order valence-electron chi connectivity index (χ0n) is 8.52. The largest absolute Gasteiger partial charge is 0.408 e. The Balaban J connectivity index is 2.05. The Hall–Kier alpha value is -0.880. The van der Waals surface area contributed by atoms with Crippen molar-refractivity contribution in [2.24, 2.45) is 5.92 Å². The molecule has 82 valence electrons. The Kier molecular flexibility index (Phi) is 3.37. The van der Waals surface area contributed by atoms with Gasteiger partial charge in [0.05, 0.1) is 0 Å². The summed E-state index contributed by atoms with van der Waals surface area (Å²) >= 11 is 1.35. The molecule has 1 fully saturated rings. The lowest BCUT2D eigenvalue weighted by Crippen LogP contribution is -2.32. The van der Waals surface area contributed by atoms with E-state index in [0.717, 1.165) is 25.9 Å². The third-order valence-corrected chi connectivity index (χ3v) is 3.02. The quantitative estimate of drug-likeness (QED) is 0.613. The molecular formula is C9H13N3O2S. The number of nitrogens with one attached hydrogen (secondary N) is 1. The Labute approximate surface area is 92.0 Å². The molecule has 2 rings (SSSR count). The molecule has 6 heteroatoms. The predicted octanol–water partition coefficient (Wildman–Crippen LogP) is 0.974. The van der Waals surface area contributed by atoms with Gasteiger partial charge in [-0.2, -0.15) is 0 Å². The number of piperidine rings is 1. The summed E-state index contributed by atoms with van der Waals surface area (Å²) in [4.78, 5) is 11.9. The summed E-state index contributed by atoms with van der Waals surface area (Å²) in [5.41, 5.74) is 0. The van der Waals surface area contributed by atoms with Gasteiger partial charge in [-0.1, -0.05) is 11.8 Å². The third-order valence-electron chi connectivity index (χ3n) is 2.50. The number of hydrogen-bond donors (Lipinski definition) is 1. The first-order valence-electron chi connectivity index (χ1n) is 4.93. The van der Waals surface area contributed by atoms with Crippen LogP contribution < -0.4 is 5.32 Å². The molecule has 0 saturated carbocycles. The van der Waals surface area contributed by atoms with E-state index in [1.165, 1.54) is 11.8 Å². The van der Waals surface area contributed by atoms with E-state index in [-0.39, 0.29) is 17.6 Å². The maximum absolute atomic E-state index is 11.9. The number of Topliss-reactive ketones (excluding diaryl/α,β-unsaturated/α-hetero) is 1. The molecule has 0 aromatic carbocycles. The van der Waals surface area contributed by atoms with Crippen LogP contribution in [-0.2, 0) is 0 Å². The summed E-state index contributed by atoms with van der Waals surface area (Å²) in [6.45, 7) is 1.78. The minimum Gasteiger partial charge on any atom is -0.408 e. The van der Waals surface area contributed by atoms with Crippen LogP contribution in [0.25, 0.3) is 0 Å². The van der Waals surface area contributed by atoms with E-state index in [1.807, 2.05) is 6.26 Å². The molecule has 0 spiro atoms. The van der Waals surface area contributed by atoms with Crippen molar-refractivity contribution in [1.29, 1.82) is 0 Å². The van der Waals surface area contributed by atoms with E-state index in [0.29, 0.717) is 5.22 Å². The van der Waals surface area contributed by atoms with E-state index >= 15 is 0 Å². The molecule has 5 nitrogen and oxygen atoms in total. The summed E-state index contributed by atoms with van der Waals surface area (Å²) in [7, 11) is 0. The number of rotatable bonds is 3. The van der Waals surface area contributed by atoms with Crippen molar-refractivity contribution < 1.29 is 9.21 Å². The molecule has 0 unspecified atom stereocenters. The maximum Gasteiger partial charge on any atom is 0.284 e. The monoisotopic (exact) mass is 227 g/mol. The molecule has 15 heavy (non-hydrogen) atoms. The van der Waals surface area contributed by atoms with Gasteiger partial charge < -0.3 is 9.73 Å². The molecule has 0 radical (unpaired) electrons. The molecule has 1 aliphatic heterocycles. The van der Waals surface area contributed by atoms with Crippen LogP contribution >= 0.6 is 11.8 Å². The van der Waals surface area contributed by atoms with Crippen molar-refractivity contribution in [3.8, 4) is 0 Å². The first kappa shape index (κ1) is 10.6. The van der Waals surface area contributed by atoms with Gasteiger partial charge in [0.1, 0.15) is 0 Å². The molecule has 0 atom stereocenters. The summed E-state index contributed by atoms with van der Waals surface area (Å²) < 4.78 is 5.22. The number of thioether (sulfide) groups is 1. The van der Waals surface area contributed by atoms with Gasteiger partial charge in [-0.3, -0.25) is 4.79 Å². The number of carbonyl (C=O) groups excluding carboxylic acids is 1. The molecule has 1 aromatic heterocycles. The lowest BCUT2D eigenvalue weighted by molar-refractivity contribution is 0.0854. The van der Waals surface area contributed by atoms with Crippen LogP contribution in [0.2, 0.25) is 0 Å². The Morgan fingerprint density at radius 3 is 2.80 bits per heavy atom. The van der Waals surface area contributed by atoms with E-state index < -0.39 is 0 Å². The number of hydrogen-bond acceptors (Lipinski definition) is 6. The highest BCUT2D eigenvalue weighted by Crippen LogP contribution is 2.19. The minimum absolute atomic E-state index is 0.00991. The Bertz CT molecular complexity index is 347. The van der Waals surface area contributed by atoms with Crippen LogP contribution in [0.5, 0.6) is 0 Å². The van der Waals surface area contributed by atoms with Gasteiger partial charge in [0.2, 0.25) is 5.78 Å². The van der Waals surface area contributed by atoms with Crippen molar-refractivity contribution in [2.75, 3.05) is 19.3 Å². The van der Waals surface area contributed by atoms with E-state index in [1.54, 1.807) is 0 Å². The van der Waals surface area contributed by atoms with Crippen molar-refractivity contribution in [3.05, 3.63) is 5.89 Å². The number of aromatic nitrogens is 2. The predicted molar refractivity (Wildman–Crippen MR) is 56.0 cm³/mol. The molecule has 1 aromatic rings. The fraction of sp³-hybridized carbons (Fsp3) is 0.667.